The van der Waals surface area contributed by atoms with Crippen molar-refractivity contribution < 1.29 is 4.74 Å². The molecule has 1 aliphatic carbocycles. The van der Waals surface area contributed by atoms with E-state index in [9.17, 15) is 0 Å². The first kappa shape index (κ1) is 13.4. The summed E-state index contributed by atoms with van der Waals surface area (Å²) < 4.78 is 6.72. The maximum absolute atomic E-state index is 5.57. The molecule has 0 fully saturated rings. The van der Waals surface area contributed by atoms with Crippen LogP contribution in [0, 0.1) is 0 Å². The second-order valence-corrected chi connectivity index (χ2v) is 5.78. The van der Waals surface area contributed by atoms with Crippen LogP contribution in [0.1, 0.15) is 30.5 Å². The molecule has 0 aliphatic heterocycles. The van der Waals surface area contributed by atoms with Crippen LogP contribution < -0.4 is 10.1 Å². The molecule has 1 heterocycles. The Bertz CT molecular complexity index is 615. The van der Waals surface area contributed by atoms with Gasteiger partial charge in [-0.05, 0) is 55.2 Å². The van der Waals surface area contributed by atoms with Crippen LogP contribution in [-0.2, 0) is 6.42 Å². The van der Waals surface area contributed by atoms with Crippen molar-refractivity contribution in [3.05, 3.63) is 52.1 Å². The second-order valence-electron chi connectivity index (χ2n) is 4.87. The molecule has 20 heavy (non-hydrogen) atoms. The first-order valence-corrected chi connectivity index (χ1v) is 7.70. The maximum atomic E-state index is 5.57. The number of nitrogens with one attached hydrogen (secondary N) is 1. The maximum Gasteiger partial charge on any atom is 0.237 e. The summed E-state index contributed by atoms with van der Waals surface area (Å²) in [6, 6.07) is 10.8. The van der Waals surface area contributed by atoms with Crippen LogP contribution in [0.4, 0.5) is 5.69 Å². The van der Waals surface area contributed by atoms with Gasteiger partial charge in [0, 0.05) is 10.7 Å². The molecule has 0 saturated heterocycles. The number of anilines is 1. The van der Waals surface area contributed by atoms with Gasteiger partial charge in [0.1, 0.15) is 0 Å². The summed E-state index contributed by atoms with van der Waals surface area (Å²) in [5, 5.41) is 3.57. The number of fused-ring (bicyclic) bond motifs is 1. The number of halogens is 1. The van der Waals surface area contributed by atoms with Crippen molar-refractivity contribution in [1.29, 1.82) is 0 Å². The van der Waals surface area contributed by atoms with Gasteiger partial charge in [-0.3, -0.25) is 0 Å². The fourth-order valence-electron chi connectivity index (χ4n) is 2.68. The predicted octanol–water partition coefficient (Wildman–Crippen LogP) is 4.34. The summed E-state index contributed by atoms with van der Waals surface area (Å²) in [5.74, 6) is 0.681. The molecule has 0 radical (unpaired) electrons. The zero-order valence-corrected chi connectivity index (χ0v) is 13.0. The lowest BCUT2D eigenvalue weighted by Crippen LogP contribution is -2.09. The molecule has 1 aromatic carbocycles. The average Bonchev–Trinajstić information content (AvgIpc) is 2.83. The Morgan fingerprint density at radius 2 is 2.30 bits per heavy atom. The van der Waals surface area contributed by atoms with Crippen LogP contribution in [0.25, 0.3) is 0 Å². The average molecular weight is 333 g/mol. The van der Waals surface area contributed by atoms with Crippen molar-refractivity contribution in [3.63, 3.8) is 0 Å². The highest BCUT2D eigenvalue weighted by Crippen LogP contribution is 2.36. The molecule has 2 aromatic rings. The Balaban J connectivity index is 1.84. The topological polar surface area (TPSA) is 34.1 Å². The van der Waals surface area contributed by atoms with Gasteiger partial charge in [-0.15, -0.1) is 0 Å². The van der Waals surface area contributed by atoms with E-state index in [1.807, 2.05) is 19.1 Å². The molecule has 3 rings (SSSR count). The summed E-state index contributed by atoms with van der Waals surface area (Å²) >= 11 is 3.53. The summed E-state index contributed by atoms with van der Waals surface area (Å²) in [4.78, 5) is 4.29. The Morgan fingerprint density at radius 3 is 3.15 bits per heavy atom. The molecule has 1 unspecified atom stereocenters. The normalized spacial score (nSPS) is 16.8. The van der Waals surface area contributed by atoms with Crippen LogP contribution in [0.5, 0.6) is 5.88 Å². The quantitative estimate of drug-likeness (QED) is 0.904. The molecule has 4 heteroatoms. The largest absolute Gasteiger partial charge is 0.476 e. The van der Waals surface area contributed by atoms with Crippen LogP contribution in [0.2, 0.25) is 0 Å². The number of ether oxygens (including phenoxy) is 1. The molecule has 1 aromatic heterocycles. The van der Waals surface area contributed by atoms with E-state index in [1.54, 1.807) is 6.20 Å². The van der Waals surface area contributed by atoms with Gasteiger partial charge in [0.15, 0.2) is 0 Å². The first-order valence-electron chi connectivity index (χ1n) is 6.90. The lowest BCUT2D eigenvalue weighted by atomic mass is 10.1. The van der Waals surface area contributed by atoms with Gasteiger partial charge in [-0.1, -0.05) is 22.0 Å². The number of aryl methyl sites for hydroxylation is 1. The SMILES string of the molecule is CCOc1ncccc1NC1CCc2cc(Br)ccc21. The van der Waals surface area contributed by atoms with Gasteiger partial charge in [0.25, 0.3) is 0 Å². The molecule has 1 N–H and O–H groups in total. The molecule has 0 spiro atoms. The molecule has 1 atom stereocenters. The number of hydrogen-bond acceptors (Lipinski definition) is 3. The molecular weight excluding hydrogens is 316 g/mol. The minimum absolute atomic E-state index is 0.335. The summed E-state index contributed by atoms with van der Waals surface area (Å²) in [5.41, 5.74) is 3.76. The second kappa shape index (κ2) is 5.83. The van der Waals surface area contributed by atoms with Gasteiger partial charge in [0.05, 0.1) is 18.3 Å². The Labute approximate surface area is 127 Å². The van der Waals surface area contributed by atoms with Gasteiger partial charge in [-0.25, -0.2) is 4.98 Å². The molecule has 0 amide bonds. The van der Waals surface area contributed by atoms with Crippen LogP contribution in [-0.4, -0.2) is 11.6 Å². The minimum atomic E-state index is 0.335. The Hall–Kier alpha value is -1.55. The number of hydrogen-bond donors (Lipinski definition) is 1. The van der Waals surface area contributed by atoms with E-state index < -0.39 is 0 Å². The van der Waals surface area contributed by atoms with Crippen molar-refractivity contribution in [2.24, 2.45) is 0 Å². The van der Waals surface area contributed by atoms with E-state index in [4.69, 9.17) is 4.74 Å². The fraction of sp³-hybridized carbons (Fsp3) is 0.312. The van der Waals surface area contributed by atoms with E-state index in [0.29, 0.717) is 18.5 Å². The highest BCUT2D eigenvalue weighted by atomic mass is 79.9. The third-order valence-corrected chi connectivity index (χ3v) is 4.06. The number of benzene rings is 1. The van der Waals surface area contributed by atoms with Gasteiger partial charge in [0.2, 0.25) is 5.88 Å². The van der Waals surface area contributed by atoms with Gasteiger partial charge >= 0.3 is 0 Å². The third kappa shape index (κ3) is 2.66. The summed E-state index contributed by atoms with van der Waals surface area (Å²) in [7, 11) is 0. The Kier molecular flexibility index (Phi) is 3.92. The molecule has 104 valence electrons. The zero-order valence-electron chi connectivity index (χ0n) is 11.4. The predicted molar refractivity (Wildman–Crippen MR) is 84.2 cm³/mol. The molecule has 3 nitrogen and oxygen atoms in total. The fourth-order valence-corrected chi connectivity index (χ4v) is 3.08. The molecule has 0 saturated carbocycles. The van der Waals surface area contributed by atoms with E-state index in [1.165, 1.54) is 11.1 Å². The standard InChI is InChI=1S/C16H17BrN2O/c1-2-20-16-15(4-3-9-18-16)19-14-8-5-11-10-12(17)6-7-13(11)14/h3-4,6-7,9-10,14,19H,2,5,8H2,1H3. The lowest BCUT2D eigenvalue weighted by molar-refractivity contribution is 0.328. The van der Waals surface area contributed by atoms with Gasteiger partial charge in [-0.2, -0.15) is 0 Å². The molecule has 0 bridgehead atoms. The number of nitrogens with zero attached hydrogens (tertiary/aromatic N) is 1. The van der Waals surface area contributed by atoms with Crippen molar-refractivity contribution in [1.82, 2.24) is 4.98 Å². The van der Waals surface area contributed by atoms with Crippen LogP contribution in [0.15, 0.2) is 41.0 Å². The highest BCUT2D eigenvalue weighted by molar-refractivity contribution is 9.10. The lowest BCUT2D eigenvalue weighted by Gasteiger charge is -2.17. The Morgan fingerprint density at radius 1 is 1.40 bits per heavy atom. The first-order chi connectivity index (χ1) is 9.78. The minimum Gasteiger partial charge on any atom is -0.476 e. The van der Waals surface area contributed by atoms with E-state index in [0.717, 1.165) is 23.0 Å². The highest BCUT2D eigenvalue weighted by Gasteiger charge is 2.23. The van der Waals surface area contributed by atoms with E-state index >= 15 is 0 Å². The van der Waals surface area contributed by atoms with Crippen molar-refractivity contribution in [3.8, 4) is 5.88 Å². The smallest absolute Gasteiger partial charge is 0.237 e. The van der Waals surface area contributed by atoms with E-state index in [2.05, 4.69) is 44.4 Å². The van der Waals surface area contributed by atoms with Crippen LogP contribution >= 0.6 is 15.9 Å². The summed E-state index contributed by atoms with van der Waals surface area (Å²) in [6.07, 6.45) is 3.97. The van der Waals surface area contributed by atoms with Crippen molar-refractivity contribution in [2.75, 3.05) is 11.9 Å². The third-order valence-electron chi connectivity index (χ3n) is 3.56. The number of aromatic nitrogens is 1. The number of pyridine rings is 1. The van der Waals surface area contributed by atoms with Crippen molar-refractivity contribution in [2.45, 2.75) is 25.8 Å². The van der Waals surface area contributed by atoms with Gasteiger partial charge < -0.3 is 10.1 Å². The van der Waals surface area contributed by atoms with Crippen LogP contribution in [0.3, 0.4) is 0 Å². The monoisotopic (exact) mass is 332 g/mol. The molecular formula is C16H17BrN2O. The summed E-state index contributed by atoms with van der Waals surface area (Å²) in [6.45, 7) is 2.60. The van der Waals surface area contributed by atoms with E-state index in [-0.39, 0.29) is 0 Å². The zero-order chi connectivity index (χ0) is 13.9. The number of rotatable bonds is 4. The van der Waals surface area contributed by atoms with Crippen molar-refractivity contribution >= 4 is 21.6 Å². The molecule has 1 aliphatic rings.